The highest BCUT2D eigenvalue weighted by atomic mass is 32.1. The van der Waals surface area contributed by atoms with Gasteiger partial charge < -0.3 is 9.84 Å². The normalized spacial score (nSPS) is 13.2. The van der Waals surface area contributed by atoms with Gasteiger partial charge in [0.2, 0.25) is 5.89 Å². The molecule has 20 heavy (non-hydrogen) atoms. The fourth-order valence-electron chi connectivity index (χ4n) is 1.59. The second-order valence-electron chi connectivity index (χ2n) is 5.69. The monoisotopic (exact) mass is 290 g/mol. The van der Waals surface area contributed by atoms with Gasteiger partial charge in [0.1, 0.15) is 10.9 Å². The zero-order valence-corrected chi connectivity index (χ0v) is 12.9. The molecule has 5 nitrogen and oxygen atoms in total. The number of thiophene rings is 1. The molecule has 0 bridgehead atoms. The van der Waals surface area contributed by atoms with Crippen LogP contribution in [0.4, 0.5) is 0 Å². The summed E-state index contributed by atoms with van der Waals surface area (Å²) in [5.74, 6) is 1.30. The smallest absolute Gasteiger partial charge is 0.243 e. The Balaban J connectivity index is 1.96. The zero-order chi connectivity index (χ0) is 14.8. The molecule has 0 amide bonds. The summed E-state index contributed by atoms with van der Waals surface area (Å²) in [6, 6.07) is 5.90. The molecule has 1 atom stereocenters. The van der Waals surface area contributed by atoms with E-state index < -0.39 is 0 Å². The minimum atomic E-state index is -0.114. The predicted octanol–water partition coefficient (Wildman–Crippen LogP) is 3.15. The molecule has 2 rings (SSSR count). The molecule has 0 aliphatic heterocycles. The Morgan fingerprint density at radius 2 is 2.20 bits per heavy atom. The number of aromatic nitrogens is 2. The zero-order valence-electron chi connectivity index (χ0n) is 12.1. The molecular weight excluding hydrogens is 272 g/mol. The minimum absolute atomic E-state index is 0.0220. The first-order valence-electron chi connectivity index (χ1n) is 6.46. The maximum atomic E-state index is 8.79. The maximum Gasteiger partial charge on any atom is 0.243 e. The van der Waals surface area contributed by atoms with Crippen LogP contribution in [0.25, 0.3) is 0 Å². The highest BCUT2D eigenvalue weighted by Gasteiger charge is 2.22. The molecule has 0 aliphatic rings. The Hall–Kier alpha value is -1.71. The summed E-state index contributed by atoms with van der Waals surface area (Å²) in [6.45, 7) is 8.82. The van der Waals surface area contributed by atoms with Gasteiger partial charge in [-0.2, -0.15) is 10.2 Å². The summed E-state index contributed by atoms with van der Waals surface area (Å²) in [4.78, 5) is 6.26. The molecule has 0 saturated carbocycles. The molecule has 2 aromatic heterocycles. The van der Waals surface area contributed by atoms with Gasteiger partial charge in [0.05, 0.1) is 6.04 Å². The second kappa shape index (κ2) is 5.73. The first kappa shape index (κ1) is 14.7. The van der Waals surface area contributed by atoms with Crippen LogP contribution in [0.3, 0.4) is 0 Å². The third-order valence-electron chi connectivity index (χ3n) is 2.84. The average Bonchev–Trinajstić information content (AvgIpc) is 3.04. The van der Waals surface area contributed by atoms with Crippen LogP contribution < -0.4 is 5.32 Å². The molecule has 2 heterocycles. The SMILES string of the molecule is CC(NCc1ccc(C#N)s1)c1nc(C(C)(C)C)no1. The first-order chi connectivity index (χ1) is 9.40. The van der Waals surface area contributed by atoms with E-state index >= 15 is 0 Å². The summed E-state index contributed by atoms with van der Waals surface area (Å²) >= 11 is 1.49. The number of hydrogen-bond donors (Lipinski definition) is 1. The lowest BCUT2D eigenvalue weighted by molar-refractivity contribution is 0.331. The Morgan fingerprint density at radius 3 is 2.75 bits per heavy atom. The molecular formula is C14H18N4OS. The van der Waals surface area contributed by atoms with Crippen molar-refractivity contribution in [1.82, 2.24) is 15.5 Å². The van der Waals surface area contributed by atoms with E-state index in [-0.39, 0.29) is 11.5 Å². The van der Waals surface area contributed by atoms with Gasteiger partial charge in [0.15, 0.2) is 5.82 Å². The van der Waals surface area contributed by atoms with Gasteiger partial charge in [0.25, 0.3) is 0 Å². The van der Waals surface area contributed by atoms with E-state index in [1.165, 1.54) is 11.3 Å². The number of nitrogens with one attached hydrogen (secondary N) is 1. The summed E-state index contributed by atoms with van der Waals surface area (Å²) in [7, 11) is 0. The predicted molar refractivity (Wildman–Crippen MR) is 77.3 cm³/mol. The van der Waals surface area contributed by atoms with Crippen LogP contribution in [0.15, 0.2) is 16.7 Å². The number of rotatable bonds is 4. The van der Waals surface area contributed by atoms with Crippen molar-refractivity contribution in [3.05, 3.63) is 33.6 Å². The molecule has 0 fully saturated rings. The van der Waals surface area contributed by atoms with Gasteiger partial charge in [-0.3, -0.25) is 0 Å². The van der Waals surface area contributed by atoms with Crippen molar-refractivity contribution in [2.45, 2.75) is 45.7 Å². The average molecular weight is 290 g/mol. The van der Waals surface area contributed by atoms with Gasteiger partial charge in [-0.05, 0) is 19.1 Å². The number of nitriles is 1. The molecule has 0 aromatic carbocycles. The van der Waals surface area contributed by atoms with Crippen LogP contribution in [0.1, 0.15) is 55.2 Å². The Morgan fingerprint density at radius 1 is 1.45 bits per heavy atom. The van der Waals surface area contributed by atoms with E-state index in [0.29, 0.717) is 18.3 Å². The Kier molecular flexibility index (Phi) is 4.21. The summed E-state index contributed by atoms with van der Waals surface area (Å²) < 4.78 is 5.30. The lowest BCUT2D eigenvalue weighted by Crippen LogP contribution is -2.18. The van der Waals surface area contributed by atoms with E-state index in [2.05, 4.69) is 42.3 Å². The van der Waals surface area contributed by atoms with Crippen LogP contribution in [0, 0.1) is 11.3 Å². The molecule has 1 N–H and O–H groups in total. The fourth-order valence-corrected chi connectivity index (χ4v) is 2.35. The van der Waals surface area contributed by atoms with Gasteiger partial charge in [-0.15, -0.1) is 11.3 Å². The van der Waals surface area contributed by atoms with E-state index in [0.717, 1.165) is 9.75 Å². The maximum absolute atomic E-state index is 8.79. The summed E-state index contributed by atoms with van der Waals surface area (Å²) in [5.41, 5.74) is -0.114. The van der Waals surface area contributed by atoms with Crippen LogP contribution >= 0.6 is 11.3 Å². The van der Waals surface area contributed by atoms with Gasteiger partial charge >= 0.3 is 0 Å². The van der Waals surface area contributed by atoms with Crippen LogP contribution in [0.5, 0.6) is 0 Å². The van der Waals surface area contributed by atoms with Gasteiger partial charge in [0, 0.05) is 16.8 Å². The third kappa shape index (κ3) is 3.44. The van der Waals surface area contributed by atoms with Gasteiger partial charge in [-0.25, -0.2) is 0 Å². The number of hydrogen-bond acceptors (Lipinski definition) is 6. The van der Waals surface area contributed by atoms with Crippen LogP contribution in [-0.4, -0.2) is 10.1 Å². The van der Waals surface area contributed by atoms with E-state index in [9.17, 15) is 0 Å². The lowest BCUT2D eigenvalue weighted by atomic mass is 9.96. The highest BCUT2D eigenvalue weighted by Crippen LogP contribution is 2.21. The van der Waals surface area contributed by atoms with Crippen molar-refractivity contribution >= 4 is 11.3 Å². The third-order valence-corrected chi connectivity index (χ3v) is 3.83. The fraction of sp³-hybridized carbons (Fsp3) is 0.500. The highest BCUT2D eigenvalue weighted by molar-refractivity contribution is 7.12. The van der Waals surface area contributed by atoms with Crippen LogP contribution in [0.2, 0.25) is 0 Å². The largest absolute Gasteiger partial charge is 0.338 e. The van der Waals surface area contributed by atoms with E-state index in [1.807, 2.05) is 19.1 Å². The van der Waals surface area contributed by atoms with Crippen molar-refractivity contribution in [3.63, 3.8) is 0 Å². The molecule has 0 aliphatic carbocycles. The molecule has 1 unspecified atom stereocenters. The molecule has 2 aromatic rings. The lowest BCUT2D eigenvalue weighted by Gasteiger charge is -2.11. The summed E-state index contributed by atoms with van der Waals surface area (Å²) in [6.07, 6.45) is 0. The molecule has 6 heteroatoms. The van der Waals surface area contributed by atoms with Crippen molar-refractivity contribution in [3.8, 4) is 6.07 Å². The quantitative estimate of drug-likeness (QED) is 0.936. The van der Waals surface area contributed by atoms with Crippen molar-refractivity contribution in [1.29, 1.82) is 5.26 Å². The summed E-state index contributed by atoms with van der Waals surface area (Å²) in [5, 5.41) is 16.1. The Labute approximate surface area is 122 Å². The van der Waals surface area contributed by atoms with Crippen molar-refractivity contribution < 1.29 is 4.52 Å². The topological polar surface area (TPSA) is 74.7 Å². The minimum Gasteiger partial charge on any atom is -0.338 e. The standard InChI is InChI=1S/C14H18N4OS/c1-9(12-17-13(18-19-12)14(2,3)4)16-8-11-6-5-10(7-15)20-11/h5-6,9,16H,8H2,1-4H3. The van der Waals surface area contributed by atoms with Gasteiger partial charge in [-0.1, -0.05) is 25.9 Å². The molecule has 0 radical (unpaired) electrons. The first-order valence-corrected chi connectivity index (χ1v) is 7.28. The molecule has 106 valence electrons. The van der Waals surface area contributed by atoms with E-state index in [1.54, 1.807) is 0 Å². The molecule has 0 spiro atoms. The second-order valence-corrected chi connectivity index (χ2v) is 6.85. The van der Waals surface area contributed by atoms with Crippen molar-refractivity contribution in [2.75, 3.05) is 0 Å². The Bertz CT molecular complexity index is 618. The van der Waals surface area contributed by atoms with Crippen molar-refractivity contribution in [2.24, 2.45) is 0 Å². The molecule has 0 saturated heterocycles. The number of nitrogens with zero attached hydrogens (tertiary/aromatic N) is 3. The van der Waals surface area contributed by atoms with E-state index in [4.69, 9.17) is 9.78 Å². The van der Waals surface area contributed by atoms with Crippen LogP contribution in [-0.2, 0) is 12.0 Å².